The molecule has 0 amide bonds. The van der Waals surface area contributed by atoms with Gasteiger partial charge in [0.05, 0.1) is 6.61 Å². The van der Waals surface area contributed by atoms with Gasteiger partial charge in [0.25, 0.3) is 0 Å². The highest BCUT2D eigenvalue weighted by atomic mass is 16.5. The summed E-state index contributed by atoms with van der Waals surface area (Å²) in [6.45, 7) is 3.12. The van der Waals surface area contributed by atoms with Crippen molar-refractivity contribution in [1.82, 2.24) is 5.32 Å². The fraction of sp³-hybridized carbons (Fsp3) is 1.00. The first-order valence-electron chi connectivity index (χ1n) is 4.24. The molecule has 1 aliphatic heterocycles. The lowest BCUT2D eigenvalue weighted by Crippen LogP contribution is -2.38. The van der Waals surface area contributed by atoms with Gasteiger partial charge in [0, 0.05) is 12.1 Å². The van der Waals surface area contributed by atoms with E-state index >= 15 is 0 Å². The normalized spacial score (nSPS) is 31.2. The highest BCUT2D eigenvalue weighted by Crippen LogP contribution is 2.35. The molecule has 58 valence electrons. The number of hydrogen-bond acceptors (Lipinski definition) is 2. The van der Waals surface area contributed by atoms with Crippen molar-refractivity contribution in [2.24, 2.45) is 0 Å². The molecule has 0 aromatic carbocycles. The monoisotopic (exact) mass is 141 g/mol. The van der Waals surface area contributed by atoms with Gasteiger partial charge in [0.15, 0.2) is 0 Å². The summed E-state index contributed by atoms with van der Waals surface area (Å²) in [7, 11) is 0. The van der Waals surface area contributed by atoms with Crippen LogP contribution < -0.4 is 5.32 Å². The summed E-state index contributed by atoms with van der Waals surface area (Å²) >= 11 is 0. The summed E-state index contributed by atoms with van der Waals surface area (Å²) in [4.78, 5) is 0. The van der Waals surface area contributed by atoms with Gasteiger partial charge in [-0.25, -0.2) is 0 Å². The Bertz CT molecular complexity index is 110. The van der Waals surface area contributed by atoms with Gasteiger partial charge >= 0.3 is 0 Å². The third-order valence-corrected chi connectivity index (χ3v) is 2.45. The van der Waals surface area contributed by atoms with Crippen molar-refractivity contribution < 1.29 is 4.74 Å². The third kappa shape index (κ3) is 1.32. The van der Waals surface area contributed by atoms with Crippen LogP contribution in [0, 0.1) is 0 Å². The van der Waals surface area contributed by atoms with Gasteiger partial charge in [0.1, 0.15) is 0 Å². The van der Waals surface area contributed by atoms with Crippen molar-refractivity contribution >= 4 is 0 Å². The highest BCUT2D eigenvalue weighted by molar-refractivity contribution is 5.02. The summed E-state index contributed by atoms with van der Waals surface area (Å²) in [5, 5.41) is 3.55. The van der Waals surface area contributed by atoms with Crippen molar-refractivity contribution in [3.8, 4) is 0 Å². The molecule has 1 saturated heterocycles. The van der Waals surface area contributed by atoms with E-state index in [0.717, 1.165) is 13.2 Å². The van der Waals surface area contributed by atoms with Crippen LogP contribution in [0.5, 0.6) is 0 Å². The molecule has 2 aliphatic rings. The number of hydrogen-bond donors (Lipinski definition) is 1. The van der Waals surface area contributed by atoms with Crippen LogP contribution in [0.1, 0.15) is 25.7 Å². The Morgan fingerprint density at radius 3 is 2.90 bits per heavy atom. The van der Waals surface area contributed by atoms with Gasteiger partial charge in [-0.05, 0) is 32.2 Å². The SMILES string of the molecule is C1CCOCC2(CC2)NC1. The zero-order chi connectivity index (χ0) is 6.86. The quantitative estimate of drug-likeness (QED) is 0.541. The lowest BCUT2D eigenvalue weighted by Gasteiger charge is -2.20. The molecule has 1 aliphatic carbocycles. The van der Waals surface area contributed by atoms with Gasteiger partial charge in [0.2, 0.25) is 0 Å². The average molecular weight is 141 g/mol. The van der Waals surface area contributed by atoms with Crippen LogP contribution in [0.3, 0.4) is 0 Å². The molecular weight excluding hydrogens is 126 g/mol. The molecule has 1 heterocycles. The van der Waals surface area contributed by atoms with E-state index in [2.05, 4.69) is 5.32 Å². The fourth-order valence-corrected chi connectivity index (χ4v) is 1.47. The predicted octanol–water partition coefficient (Wildman–Crippen LogP) is 0.919. The Morgan fingerprint density at radius 1 is 1.20 bits per heavy atom. The Hall–Kier alpha value is -0.0800. The number of nitrogens with one attached hydrogen (secondary N) is 1. The average Bonchev–Trinajstić information content (AvgIpc) is 2.61. The molecule has 0 bridgehead atoms. The molecule has 1 saturated carbocycles. The van der Waals surface area contributed by atoms with Crippen LogP contribution >= 0.6 is 0 Å². The van der Waals surface area contributed by atoms with Gasteiger partial charge in [-0.1, -0.05) is 0 Å². The second-order valence-electron chi connectivity index (χ2n) is 3.47. The maximum atomic E-state index is 5.49. The van der Waals surface area contributed by atoms with Crippen molar-refractivity contribution in [2.45, 2.75) is 31.2 Å². The topological polar surface area (TPSA) is 21.3 Å². The summed E-state index contributed by atoms with van der Waals surface area (Å²) in [5.41, 5.74) is 0.431. The standard InChI is InChI=1S/C8H15NO/c1-2-6-10-7-8(3-4-8)9-5-1/h9H,1-7H2. The summed E-state index contributed by atoms with van der Waals surface area (Å²) in [5.74, 6) is 0. The molecule has 1 N–H and O–H groups in total. The third-order valence-electron chi connectivity index (χ3n) is 2.45. The van der Waals surface area contributed by atoms with E-state index in [0.29, 0.717) is 5.54 Å². The second kappa shape index (κ2) is 2.51. The second-order valence-corrected chi connectivity index (χ2v) is 3.47. The molecule has 2 nitrogen and oxygen atoms in total. The Morgan fingerprint density at radius 2 is 2.10 bits per heavy atom. The number of ether oxygens (including phenoxy) is 1. The first-order chi connectivity index (χ1) is 4.91. The summed E-state index contributed by atoms with van der Waals surface area (Å²) in [6, 6.07) is 0. The number of rotatable bonds is 0. The molecule has 0 aromatic heterocycles. The van der Waals surface area contributed by atoms with Crippen molar-refractivity contribution in [2.75, 3.05) is 19.8 Å². The van der Waals surface area contributed by atoms with Crippen LogP contribution in [0.2, 0.25) is 0 Å². The van der Waals surface area contributed by atoms with E-state index in [1.165, 1.54) is 32.2 Å². The minimum absolute atomic E-state index is 0.431. The van der Waals surface area contributed by atoms with E-state index in [9.17, 15) is 0 Å². The van der Waals surface area contributed by atoms with E-state index in [1.54, 1.807) is 0 Å². The van der Waals surface area contributed by atoms with E-state index in [4.69, 9.17) is 4.74 Å². The van der Waals surface area contributed by atoms with Crippen LogP contribution in [-0.2, 0) is 4.74 Å². The molecule has 0 aromatic rings. The molecule has 10 heavy (non-hydrogen) atoms. The zero-order valence-electron chi connectivity index (χ0n) is 6.36. The van der Waals surface area contributed by atoms with Crippen LogP contribution in [0.25, 0.3) is 0 Å². The van der Waals surface area contributed by atoms with Crippen molar-refractivity contribution in [3.05, 3.63) is 0 Å². The van der Waals surface area contributed by atoms with Crippen LogP contribution in [0.4, 0.5) is 0 Å². The van der Waals surface area contributed by atoms with Gasteiger partial charge in [-0.3, -0.25) is 0 Å². The Balaban J connectivity index is 1.84. The zero-order valence-corrected chi connectivity index (χ0v) is 6.36. The Kier molecular flexibility index (Phi) is 1.66. The van der Waals surface area contributed by atoms with Crippen molar-refractivity contribution in [1.29, 1.82) is 0 Å². The molecule has 2 heteroatoms. The largest absolute Gasteiger partial charge is 0.380 e. The molecule has 0 radical (unpaired) electrons. The smallest absolute Gasteiger partial charge is 0.0648 e. The maximum Gasteiger partial charge on any atom is 0.0648 e. The fourth-order valence-electron chi connectivity index (χ4n) is 1.47. The lowest BCUT2D eigenvalue weighted by atomic mass is 10.2. The minimum Gasteiger partial charge on any atom is -0.380 e. The highest BCUT2D eigenvalue weighted by Gasteiger charge is 2.42. The predicted molar refractivity (Wildman–Crippen MR) is 40.0 cm³/mol. The molecule has 2 rings (SSSR count). The minimum atomic E-state index is 0.431. The van der Waals surface area contributed by atoms with E-state index in [1.807, 2.05) is 0 Å². The Labute approximate surface area is 61.9 Å². The van der Waals surface area contributed by atoms with E-state index in [-0.39, 0.29) is 0 Å². The molecule has 0 atom stereocenters. The van der Waals surface area contributed by atoms with Gasteiger partial charge in [-0.15, -0.1) is 0 Å². The lowest BCUT2D eigenvalue weighted by molar-refractivity contribution is 0.0898. The van der Waals surface area contributed by atoms with Crippen molar-refractivity contribution in [3.63, 3.8) is 0 Å². The van der Waals surface area contributed by atoms with Gasteiger partial charge in [-0.2, -0.15) is 0 Å². The first kappa shape index (κ1) is 6.62. The summed E-state index contributed by atoms with van der Waals surface area (Å²) in [6.07, 6.45) is 5.16. The molecule has 1 spiro atoms. The van der Waals surface area contributed by atoms with Crippen LogP contribution in [0.15, 0.2) is 0 Å². The molecule has 2 fully saturated rings. The van der Waals surface area contributed by atoms with Gasteiger partial charge < -0.3 is 10.1 Å². The van der Waals surface area contributed by atoms with E-state index < -0.39 is 0 Å². The summed E-state index contributed by atoms with van der Waals surface area (Å²) < 4.78 is 5.49. The van der Waals surface area contributed by atoms with Crippen LogP contribution in [-0.4, -0.2) is 25.3 Å². The molecule has 0 unspecified atom stereocenters. The first-order valence-corrected chi connectivity index (χ1v) is 4.24. The maximum absolute atomic E-state index is 5.49. The molecular formula is C8H15NO.